The van der Waals surface area contributed by atoms with Crippen LogP contribution in [0.25, 0.3) is 0 Å². The molecular formula is C19H31NO. The standard InChI is InChI=1S/C19H31NO/c1-5-20-18(15-9-6-7-10-15)14-21-17-12-8-11-16(13-17)19(2,3)4/h8,11-13,15,18,20H,5-7,9-10,14H2,1-4H3. The molecule has 21 heavy (non-hydrogen) atoms. The highest BCUT2D eigenvalue weighted by Crippen LogP contribution is 2.29. The molecule has 0 bridgehead atoms. The van der Waals surface area contributed by atoms with Crippen molar-refractivity contribution < 1.29 is 4.74 Å². The van der Waals surface area contributed by atoms with E-state index in [0.717, 1.165) is 24.8 Å². The van der Waals surface area contributed by atoms with Crippen LogP contribution in [-0.2, 0) is 5.41 Å². The van der Waals surface area contributed by atoms with Gasteiger partial charge in [-0.15, -0.1) is 0 Å². The SMILES string of the molecule is CCNC(COc1cccc(C(C)(C)C)c1)C1CCCC1. The summed E-state index contributed by atoms with van der Waals surface area (Å²) in [6.07, 6.45) is 5.46. The largest absolute Gasteiger partial charge is 0.492 e. The van der Waals surface area contributed by atoms with Crippen molar-refractivity contribution in [1.29, 1.82) is 0 Å². The summed E-state index contributed by atoms with van der Waals surface area (Å²) in [6.45, 7) is 10.7. The van der Waals surface area contributed by atoms with E-state index in [1.54, 1.807) is 0 Å². The van der Waals surface area contributed by atoms with Crippen LogP contribution in [0, 0.1) is 5.92 Å². The maximum Gasteiger partial charge on any atom is 0.119 e. The van der Waals surface area contributed by atoms with Crippen LogP contribution in [0.15, 0.2) is 24.3 Å². The first-order valence-corrected chi connectivity index (χ1v) is 8.47. The molecule has 1 fully saturated rings. The van der Waals surface area contributed by atoms with E-state index in [9.17, 15) is 0 Å². The fourth-order valence-corrected chi connectivity index (χ4v) is 3.22. The maximum atomic E-state index is 6.11. The van der Waals surface area contributed by atoms with Crippen molar-refractivity contribution in [3.8, 4) is 5.75 Å². The number of hydrogen-bond donors (Lipinski definition) is 1. The minimum Gasteiger partial charge on any atom is -0.492 e. The lowest BCUT2D eigenvalue weighted by Gasteiger charge is -2.25. The fraction of sp³-hybridized carbons (Fsp3) is 0.684. The van der Waals surface area contributed by atoms with Crippen LogP contribution in [-0.4, -0.2) is 19.2 Å². The zero-order chi connectivity index (χ0) is 15.3. The average molecular weight is 289 g/mol. The molecule has 2 rings (SSSR count). The lowest BCUT2D eigenvalue weighted by atomic mass is 9.87. The monoisotopic (exact) mass is 289 g/mol. The van der Waals surface area contributed by atoms with E-state index in [2.05, 4.69) is 57.3 Å². The summed E-state index contributed by atoms with van der Waals surface area (Å²) in [5, 5.41) is 3.61. The summed E-state index contributed by atoms with van der Waals surface area (Å²) in [6, 6.07) is 9.06. The minimum absolute atomic E-state index is 0.173. The van der Waals surface area contributed by atoms with Crippen LogP contribution < -0.4 is 10.1 Å². The minimum atomic E-state index is 0.173. The van der Waals surface area contributed by atoms with Gasteiger partial charge in [0.05, 0.1) is 0 Å². The van der Waals surface area contributed by atoms with Gasteiger partial charge in [-0.1, -0.05) is 52.7 Å². The molecule has 0 amide bonds. The van der Waals surface area contributed by atoms with Crippen molar-refractivity contribution in [1.82, 2.24) is 5.32 Å². The van der Waals surface area contributed by atoms with Gasteiger partial charge in [0.15, 0.2) is 0 Å². The van der Waals surface area contributed by atoms with Gasteiger partial charge in [-0.2, -0.15) is 0 Å². The summed E-state index contributed by atoms with van der Waals surface area (Å²) in [5.41, 5.74) is 1.51. The second-order valence-corrected chi connectivity index (χ2v) is 7.30. The summed E-state index contributed by atoms with van der Waals surface area (Å²) in [4.78, 5) is 0. The van der Waals surface area contributed by atoms with Crippen LogP contribution >= 0.6 is 0 Å². The predicted molar refractivity (Wildman–Crippen MR) is 90.1 cm³/mol. The van der Waals surface area contributed by atoms with E-state index in [-0.39, 0.29) is 5.41 Å². The molecule has 1 aromatic rings. The van der Waals surface area contributed by atoms with E-state index >= 15 is 0 Å². The zero-order valence-corrected chi connectivity index (χ0v) is 14.1. The molecule has 1 saturated carbocycles. The molecule has 0 aromatic heterocycles. The van der Waals surface area contributed by atoms with Crippen LogP contribution in [0.3, 0.4) is 0 Å². The molecule has 0 heterocycles. The molecular weight excluding hydrogens is 258 g/mol. The third kappa shape index (κ3) is 4.74. The molecule has 0 spiro atoms. The van der Waals surface area contributed by atoms with Crippen molar-refractivity contribution in [2.45, 2.75) is 64.8 Å². The highest BCUT2D eigenvalue weighted by molar-refractivity contribution is 5.32. The average Bonchev–Trinajstić information content (AvgIpc) is 2.97. The van der Waals surface area contributed by atoms with E-state index in [4.69, 9.17) is 4.74 Å². The van der Waals surface area contributed by atoms with Crippen LogP contribution in [0.1, 0.15) is 58.9 Å². The van der Waals surface area contributed by atoms with Gasteiger partial charge < -0.3 is 10.1 Å². The van der Waals surface area contributed by atoms with Crippen molar-refractivity contribution in [2.75, 3.05) is 13.2 Å². The van der Waals surface area contributed by atoms with Crippen molar-refractivity contribution >= 4 is 0 Å². The Labute approximate surface area is 130 Å². The lowest BCUT2D eigenvalue weighted by Crippen LogP contribution is -2.40. The van der Waals surface area contributed by atoms with Gasteiger partial charge >= 0.3 is 0 Å². The van der Waals surface area contributed by atoms with E-state index in [1.807, 2.05) is 0 Å². The second kappa shape index (κ2) is 7.31. The van der Waals surface area contributed by atoms with Gasteiger partial charge in [-0.05, 0) is 48.4 Å². The third-order valence-electron chi connectivity index (χ3n) is 4.56. The molecule has 1 unspecified atom stereocenters. The molecule has 1 atom stereocenters. The molecule has 1 N–H and O–H groups in total. The summed E-state index contributed by atoms with van der Waals surface area (Å²) in [7, 11) is 0. The normalized spacial score (nSPS) is 17.9. The van der Waals surface area contributed by atoms with Crippen LogP contribution in [0.5, 0.6) is 5.75 Å². The van der Waals surface area contributed by atoms with Gasteiger partial charge in [0, 0.05) is 6.04 Å². The van der Waals surface area contributed by atoms with Crippen molar-refractivity contribution in [2.24, 2.45) is 5.92 Å². The number of nitrogens with one attached hydrogen (secondary N) is 1. The summed E-state index contributed by atoms with van der Waals surface area (Å²) < 4.78 is 6.11. The first-order chi connectivity index (χ1) is 10.0. The van der Waals surface area contributed by atoms with E-state index in [1.165, 1.54) is 31.2 Å². The third-order valence-corrected chi connectivity index (χ3v) is 4.56. The summed E-state index contributed by atoms with van der Waals surface area (Å²) in [5.74, 6) is 1.79. The number of hydrogen-bond acceptors (Lipinski definition) is 2. The Morgan fingerprint density at radius 3 is 2.57 bits per heavy atom. The Hall–Kier alpha value is -1.02. The molecule has 118 valence electrons. The quantitative estimate of drug-likeness (QED) is 0.830. The van der Waals surface area contributed by atoms with Gasteiger partial charge in [0.2, 0.25) is 0 Å². The molecule has 1 aliphatic carbocycles. The number of ether oxygens (including phenoxy) is 1. The topological polar surface area (TPSA) is 21.3 Å². The smallest absolute Gasteiger partial charge is 0.119 e. The lowest BCUT2D eigenvalue weighted by molar-refractivity contribution is 0.219. The Morgan fingerprint density at radius 2 is 1.95 bits per heavy atom. The molecule has 1 aromatic carbocycles. The molecule has 2 nitrogen and oxygen atoms in total. The summed E-state index contributed by atoms with van der Waals surface area (Å²) >= 11 is 0. The Bertz CT molecular complexity index is 429. The highest BCUT2D eigenvalue weighted by Gasteiger charge is 2.25. The molecule has 2 heteroatoms. The molecule has 0 saturated heterocycles. The maximum absolute atomic E-state index is 6.11. The first kappa shape index (κ1) is 16.4. The fourth-order valence-electron chi connectivity index (χ4n) is 3.22. The van der Waals surface area contributed by atoms with Gasteiger partial charge in [-0.25, -0.2) is 0 Å². The molecule has 0 radical (unpaired) electrons. The predicted octanol–water partition coefficient (Wildman–Crippen LogP) is 4.53. The van der Waals surface area contributed by atoms with Crippen molar-refractivity contribution in [3.63, 3.8) is 0 Å². The van der Waals surface area contributed by atoms with E-state index < -0.39 is 0 Å². The second-order valence-electron chi connectivity index (χ2n) is 7.30. The van der Waals surface area contributed by atoms with Gasteiger partial charge in [0.1, 0.15) is 12.4 Å². The Morgan fingerprint density at radius 1 is 1.24 bits per heavy atom. The Balaban J connectivity index is 1.97. The van der Waals surface area contributed by atoms with Gasteiger partial charge in [0.25, 0.3) is 0 Å². The zero-order valence-electron chi connectivity index (χ0n) is 14.1. The molecule has 0 aliphatic heterocycles. The highest BCUT2D eigenvalue weighted by atomic mass is 16.5. The molecule has 1 aliphatic rings. The Kier molecular flexibility index (Phi) is 5.69. The van der Waals surface area contributed by atoms with Crippen LogP contribution in [0.4, 0.5) is 0 Å². The first-order valence-electron chi connectivity index (χ1n) is 8.47. The van der Waals surface area contributed by atoms with Crippen LogP contribution in [0.2, 0.25) is 0 Å². The van der Waals surface area contributed by atoms with Crippen molar-refractivity contribution in [3.05, 3.63) is 29.8 Å². The number of rotatable bonds is 6. The van der Waals surface area contributed by atoms with E-state index in [0.29, 0.717) is 6.04 Å². The number of likely N-dealkylation sites (N-methyl/N-ethyl adjacent to an activating group) is 1. The number of benzene rings is 1. The van der Waals surface area contributed by atoms with Gasteiger partial charge in [-0.3, -0.25) is 0 Å².